The minimum Gasteiger partial charge on any atom is -0.382 e. The molecule has 3 aromatic rings. The molecule has 3 heterocycles. The number of halogens is 3. The van der Waals surface area contributed by atoms with E-state index in [4.69, 9.17) is 10.5 Å². The molecule has 1 aliphatic rings. The van der Waals surface area contributed by atoms with Gasteiger partial charge in [0, 0.05) is 31.1 Å². The average molecular weight is 407 g/mol. The number of ether oxygens (including phenoxy) is 1. The van der Waals surface area contributed by atoms with E-state index in [1.165, 1.54) is 19.1 Å². The number of rotatable bonds is 3. The molecule has 0 spiro atoms. The Morgan fingerprint density at radius 2 is 2.00 bits per heavy atom. The molecule has 0 unspecified atom stereocenters. The quantitative estimate of drug-likeness (QED) is 0.696. The van der Waals surface area contributed by atoms with Crippen molar-refractivity contribution in [2.24, 2.45) is 0 Å². The third-order valence-corrected chi connectivity index (χ3v) is 5.20. The number of nitrogens with one attached hydrogen (secondary N) is 1. The van der Waals surface area contributed by atoms with Crippen LogP contribution in [0.15, 0.2) is 29.1 Å². The molecule has 1 aromatic carbocycles. The molecule has 0 amide bonds. The van der Waals surface area contributed by atoms with Gasteiger partial charge in [-0.3, -0.25) is 4.79 Å². The fourth-order valence-electron chi connectivity index (χ4n) is 3.61. The van der Waals surface area contributed by atoms with Gasteiger partial charge >= 0.3 is 6.18 Å². The Labute approximate surface area is 163 Å². The van der Waals surface area contributed by atoms with Crippen LogP contribution in [-0.2, 0) is 17.3 Å². The van der Waals surface area contributed by atoms with Crippen molar-refractivity contribution in [1.29, 1.82) is 0 Å². The normalized spacial score (nSPS) is 15.2. The number of aromatic nitrogens is 3. The lowest BCUT2D eigenvalue weighted by Crippen LogP contribution is -2.37. The number of hydrogen-bond donors (Lipinski definition) is 2. The first-order valence-corrected chi connectivity index (χ1v) is 9.14. The molecular weight excluding hydrogens is 387 g/mol. The number of morpholine rings is 1. The zero-order chi connectivity index (χ0) is 20.8. The summed E-state index contributed by atoms with van der Waals surface area (Å²) in [4.78, 5) is 17.7. The van der Waals surface area contributed by atoms with Gasteiger partial charge in [0.05, 0.1) is 18.8 Å². The summed E-state index contributed by atoms with van der Waals surface area (Å²) in [5.74, 6) is 0.710. The van der Waals surface area contributed by atoms with Crippen molar-refractivity contribution in [1.82, 2.24) is 14.6 Å². The largest absolute Gasteiger partial charge is 0.416 e. The Hall–Kier alpha value is -3.01. The van der Waals surface area contributed by atoms with Gasteiger partial charge in [0.25, 0.3) is 5.56 Å². The minimum atomic E-state index is -4.44. The van der Waals surface area contributed by atoms with Crippen molar-refractivity contribution in [3.05, 3.63) is 56.9 Å². The Morgan fingerprint density at radius 1 is 1.28 bits per heavy atom. The molecule has 1 saturated heterocycles. The van der Waals surface area contributed by atoms with E-state index in [-0.39, 0.29) is 23.4 Å². The van der Waals surface area contributed by atoms with E-state index in [0.29, 0.717) is 48.9 Å². The van der Waals surface area contributed by atoms with Crippen molar-refractivity contribution in [2.45, 2.75) is 19.5 Å². The fraction of sp³-hybridized carbons (Fsp3) is 0.368. The third-order valence-electron chi connectivity index (χ3n) is 5.20. The van der Waals surface area contributed by atoms with Crippen LogP contribution in [0, 0.1) is 6.92 Å². The highest BCUT2D eigenvalue weighted by molar-refractivity contribution is 5.63. The van der Waals surface area contributed by atoms with Gasteiger partial charge in [-0.15, -0.1) is 5.10 Å². The van der Waals surface area contributed by atoms with Crippen LogP contribution in [0.3, 0.4) is 0 Å². The van der Waals surface area contributed by atoms with Crippen molar-refractivity contribution >= 4 is 17.3 Å². The summed E-state index contributed by atoms with van der Waals surface area (Å²) < 4.78 is 46.2. The van der Waals surface area contributed by atoms with Crippen LogP contribution in [0.5, 0.6) is 0 Å². The predicted molar refractivity (Wildman–Crippen MR) is 102 cm³/mol. The van der Waals surface area contributed by atoms with Crippen LogP contribution >= 0.6 is 0 Å². The molecule has 1 aliphatic heterocycles. The molecule has 4 rings (SSSR count). The molecule has 0 saturated carbocycles. The number of alkyl halides is 3. The van der Waals surface area contributed by atoms with E-state index in [1.54, 1.807) is 6.07 Å². The zero-order valence-electron chi connectivity index (χ0n) is 15.7. The second-order valence-corrected chi connectivity index (χ2v) is 6.98. The number of anilines is 2. The molecule has 0 bridgehead atoms. The van der Waals surface area contributed by atoms with Crippen LogP contribution in [0.25, 0.3) is 5.65 Å². The molecular formula is C19H20F3N5O2. The first-order chi connectivity index (χ1) is 13.8. The monoisotopic (exact) mass is 407 g/mol. The van der Waals surface area contributed by atoms with Gasteiger partial charge in [-0.05, 0) is 24.1 Å². The number of nitrogens with two attached hydrogens (primary N) is 1. The highest BCUT2D eigenvalue weighted by Crippen LogP contribution is 2.34. The molecule has 0 radical (unpaired) electrons. The minimum absolute atomic E-state index is 0.106. The molecule has 29 heavy (non-hydrogen) atoms. The zero-order valence-corrected chi connectivity index (χ0v) is 15.7. The summed E-state index contributed by atoms with van der Waals surface area (Å²) in [6.07, 6.45) is -4.32. The number of fused-ring (bicyclic) bond motifs is 1. The van der Waals surface area contributed by atoms with E-state index in [9.17, 15) is 18.0 Å². The molecule has 0 atom stereocenters. The molecule has 0 aliphatic carbocycles. The van der Waals surface area contributed by atoms with E-state index >= 15 is 0 Å². The smallest absolute Gasteiger partial charge is 0.382 e. The van der Waals surface area contributed by atoms with Crippen LogP contribution < -0.4 is 16.2 Å². The van der Waals surface area contributed by atoms with E-state index in [0.717, 1.165) is 10.6 Å². The van der Waals surface area contributed by atoms with Crippen molar-refractivity contribution in [2.75, 3.05) is 36.9 Å². The summed E-state index contributed by atoms with van der Waals surface area (Å²) in [6.45, 7) is 3.77. The fourth-order valence-corrected chi connectivity index (χ4v) is 3.61. The van der Waals surface area contributed by atoms with E-state index in [2.05, 4.69) is 10.1 Å². The second-order valence-electron chi connectivity index (χ2n) is 6.98. The second kappa shape index (κ2) is 7.11. The number of nitrogen functional groups attached to an aromatic ring is 1. The summed E-state index contributed by atoms with van der Waals surface area (Å²) in [5, 5.41) is 4.08. The van der Waals surface area contributed by atoms with Gasteiger partial charge in [0.2, 0.25) is 0 Å². The maximum atomic E-state index is 13.2. The highest BCUT2D eigenvalue weighted by atomic mass is 19.4. The van der Waals surface area contributed by atoms with Crippen molar-refractivity contribution in [3.63, 3.8) is 0 Å². The van der Waals surface area contributed by atoms with Crippen molar-refractivity contribution < 1.29 is 17.9 Å². The van der Waals surface area contributed by atoms with Crippen LogP contribution in [0.4, 0.5) is 24.8 Å². The first kappa shape index (κ1) is 19.3. The van der Waals surface area contributed by atoms with Gasteiger partial charge < -0.3 is 20.4 Å². The Bertz CT molecular complexity index is 1110. The molecule has 1 fully saturated rings. The van der Waals surface area contributed by atoms with Gasteiger partial charge in [-0.2, -0.15) is 17.7 Å². The van der Waals surface area contributed by atoms with E-state index < -0.39 is 11.7 Å². The first-order valence-electron chi connectivity index (χ1n) is 9.14. The SMILES string of the molecule is Cc1c(Cc2c(N)nn3c(=O)cc(N4CCOCC4)[nH]c23)cccc1C(F)(F)F. The number of benzene rings is 1. The van der Waals surface area contributed by atoms with Crippen LogP contribution in [0.2, 0.25) is 0 Å². The molecule has 154 valence electrons. The standard InChI is InChI=1S/C19H20F3N5O2/c1-11-12(3-2-4-14(11)19(20,21)22)9-13-17(23)25-27-16(28)10-15(24-18(13)27)26-5-7-29-8-6-26/h2-4,10,24H,5-9H2,1H3,(H2,23,25). The van der Waals surface area contributed by atoms with Crippen LogP contribution in [0.1, 0.15) is 22.3 Å². The maximum absolute atomic E-state index is 13.2. The summed E-state index contributed by atoms with van der Waals surface area (Å²) in [6, 6.07) is 5.48. The number of hydrogen-bond acceptors (Lipinski definition) is 5. The van der Waals surface area contributed by atoms with E-state index in [1.807, 2.05) is 4.90 Å². The summed E-state index contributed by atoms with van der Waals surface area (Å²) in [7, 11) is 0. The van der Waals surface area contributed by atoms with Gasteiger partial charge in [-0.1, -0.05) is 12.1 Å². The summed E-state index contributed by atoms with van der Waals surface area (Å²) >= 11 is 0. The lowest BCUT2D eigenvalue weighted by atomic mass is 9.97. The Kier molecular flexibility index (Phi) is 4.73. The van der Waals surface area contributed by atoms with Gasteiger partial charge in [0.1, 0.15) is 11.5 Å². The molecule has 10 heteroatoms. The molecule has 7 nitrogen and oxygen atoms in total. The lowest BCUT2D eigenvalue weighted by molar-refractivity contribution is -0.138. The van der Waals surface area contributed by atoms with Gasteiger partial charge in [0.15, 0.2) is 5.82 Å². The highest BCUT2D eigenvalue weighted by Gasteiger charge is 2.33. The molecule has 3 N–H and O–H groups in total. The lowest BCUT2D eigenvalue weighted by Gasteiger charge is -2.28. The Balaban J connectivity index is 1.79. The predicted octanol–water partition coefficient (Wildman–Crippen LogP) is 2.36. The Morgan fingerprint density at radius 3 is 2.69 bits per heavy atom. The topological polar surface area (TPSA) is 88.7 Å². The summed E-state index contributed by atoms with van der Waals surface area (Å²) in [5.41, 5.74) is 6.45. The number of aromatic amines is 1. The molecule has 2 aromatic heterocycles. The van der Waals surface area contributed by atoms with Crippen molar-refractivity contribution in [3.8, 4) is 0 Å². The third kappa shape index (κ3) is 3.55. The van der Waals surface area contributed by atoms with Crippen LogP contribution in [-0.4, -0.2) is 40.9 Å². The van der Waals surface area contributed by atoms with Gasteiger partial charge in [-0.25, -0.2) is 0 Å². The maximum Gasteiger partial charge on any atom is 0.416 e. The number of nitrogens with zero attached hydrogens (tertiary/aromatic N) is 3. The number of H-pyrrole nitrogens is 1. The average Bonchev–Trinajstić information content (AvgIpc) is 2.99.